The highest BCUT2D eigenvalue weighted by Gasteiger charge is 2.14. The smallest absolute Gasteiger partial charge is 0.118 e. The van der Waals surface area contributed by atoms with Crippen molar-refractivity contribution in [3.8, 4) is 28.3 Å². The summed E-state index contributed by atoms with van der Waals surface area (Å²) in [5, 5.41) is 0. The van der Waals surface area contributed by atoms with E-state index < -0.39 is 0 Å². The molecule has 0 aliphatic rings. The van der Waals surface area contributed by atoms with Crippen LogP contribution < -0.4 is 4.74 Å². The van der Waals surface area contributed by atoms with Crippen LogP contribution in [0.15, 0.2) is 91.3 Å². The minimum absolute atomic E-state index is 0.643. The van der Waals surface area contributed by atoms with Crippen molar-refractivity contribution in [3.63, 3.8) is 0 Å². The van der Waals surface area contributed by atoms with Crippen molar-refractivity contribution in [1.82, 2.24) is 9.55 Å². The number of hydrogen-bond donors (Lipinski definition) is 0. The lowest BCUT2D eigenvalue weighted by Gasteiger charge is -2.11. The first-order valence-electron chi connectivity index (χ1n) is 11.2. The van der Waals surface area contributed by atoms with Crippen LogP contribution in [0, 0.1) is 0 Å². The van der Waals surface area contributed by atoms with Crippen molar-refractivity contribution >= 4 is 0 Å². The van der Waals surface area contributed by atoms with Gasteiger partial charge in [0.2, 0.25) is 0 Å². The number of aryl methyl sites for hydroxylation is 1. The second kappa shape index (κ2) is 11.3. The minimum Gasteiger partial charge on any atom is -0.497 e. The van der Waals surface area contributed by atoms with E-state index in [2.05, 4.69) is 59.2 Å². The van der Waals surface area contributed by atoms with Gasteiger partial charge in [-0.15, -0.1) is 0 Å². The van der Waals surface area contributed by atoms with Gasteiger partial charge in [0.05, 0.1) is 31.4 Å². The van der Waals surface area contributed by atoms with E-state index in [1.807, 2.05) is 36.7 Å². The summed E-state index contributed by atoms with van der Waals surface area (Å²) in [7, 11) is 1.68. The van der Waals surface area contributed by atoms with Crippen LogP contribution in [0.2, 0.25) is 0 Å². The highest BCUT2D eigenvalue weighted by atomic mass is 16.5. The summed E-state index contributed by atoms with van der Waals surface area (Å²) in [5.74, 6) is 0.874. The predicted molar refractivity (Wildman–Crippen MR) is 130 cm³/mol. The van der Waals surface area contributed by atoms with Crippen molar-refractivity contribution in [2.24, 2.45) is 0 Å². The van der Waals surface area contributed by atoms with Crippen LogP contribution in [0.4, 0.5) is 0 Å². The third-order valence-corrected chi connectivity index (χ3v) is 5.55. The van der Waals surface area contributed by atoms with Crippen LogP contribution in [0.1, 0.15) is 24.8 Å². The zero-order chi connectivity index (χ0) is 22.0. The number of benzene rings is 3. The molecule has 0 amide bonds. The Morgan fingerprint density at radius 2 is 1.44 bits per heavy atom. The number of nitrogens with zero attached hydrogens (tertiary/aromatic N) is 2. The maximum absolute atomic E-state index is 5.84. The third-order valence-electron chi connectivity index (χ3n) is 5.55. The average molecular weight is 427 g/mol. The number of methoxy groups -OCH3 is 1. The maximum Gasteiger partial charge on any atom is 0.118 e. The van der Waals surface area contributed by atoms with Crippen LogP contribution in [-0.2, 0) is 17.9 Å². The SMILES string of the molecule is COc1ccc(COCCCCCn2cnc(-c3ccccc3)c2-c2ccccc2)cc1. The standard InChI is InChI=1S/C28H30N2O2/c1-31-26-17-15-23(16-18-26)21-32-20-10-4-9-19-30-22-29-27(24-11-5-2-6-12-24)28(30)25-13-7-3-8-14-25/h2-3,5-8,11-18,22H,4,9-10,19-21H2,1H3. The lowest BCUT2D eigenvalue weighted by atomic mass is 10.0. The van der Waals surface area contributed by atoms with E-state index in [4.69, 9.17) is 14.5 Å². The summed E-state index contributed by atoms with van der Waals surface area (Å²) in [6.07, 6.45) is 5.24. The van der Waals surface area contributed by atoms with Crippen LogP contribution in [0.3, 0.4) is 0 Å². The monoisotopic (exact) mass is 426 g/mol. The van der Waals surface area contributed by atoms with Gasteiger partial charge < -0.3 is 14.0 Å². The summed E-state index contributed by atoms with van der Waals surface area (Å²) in [5.41, 5.74) is 5.75. The fraction of sp³-hybridized carbons (Fsp3) is 0.250. The maximum atomic E-state index is 5.84. The van der Waals surface area contributed by atoms with Gasteiger partial charge >= 0.3 is 0 Å². The number of unbranched alkanes of at least 4 members (excludes halogenated alkanes) is 2. The van der Waals surface area contributed by atoms with Gasteiger partial charge in [0.25, 0.3) is 0 Å². The zero-order valence-electron chi connectivity index (χ0n) is 18.6. The fourth-order valence-corrected chi connectivity index (χ4v) is 3.83. The van der Waals surface area contributed by atoms with Gasteiger partial charge in [0.15, 0.2) is 0 Å². The molecule has 0 saturated heterocycles. The fourth-order valence-electron chi connectivity index (χ4n) is 3.83. The van der Waals surface area contributed by atoms with Gasteiger partial charge in [-0.3, -0.25) is 0 Å². The quantitative estimate of drug-likeness (QED) is 0.253. The Balaban J connectivity index is 1.30. The molecule has 164 valence electrons. The summed E-state index contributed by atoms with van der Waals surface area (Å²) in [6.45, 7) is 2.36. The molecule has 0 N–H and O–H groups in total. The first-order chi connectivity index (χ1) is 15.8. The molecule has 0 aliphatic heterocycles. The second-order valence-electron chi connectivity index (χ2n) is 7.83. The molecule has 1 aromatic heterocycles. The molecule has 0 saturated carbocycles. The predicted octanol–water partition coefficient (Wildman–Crippen LogP) is 6.61. The van der Waals surface area contributed by atoms with E-state index in [9.17, 15) is 0 Å². The molecule has 4 heteroatoms. The average Bonchev–Trinajstić information content (AvgIpc) is 3.29. The largest absolute Gasteiger partial charge is 0.497 e. The summed E-state index contributed by atoms with van der Waals surface area (Å²) in [4.78, 5) is 4.77. The van der Waals surface area contributed by atoms with Gasteiger partial charge in [0, 0.05) is 24.3 Å². The van der Waals surface area contributed by atoms with Crippen molar-refractivity contribution in [2.75, 3.05) is 13.7 Å². The Bertz CT molecular complexity index is 1070. The van der Waals surface area contributed by atoms with E-state index in [0.717, 1.165) is 49.4 Å². The Labute approximate surface area is 190 Å². The minimum atomic E-state index is 0.643. The molecular weight excluding hydrogens is 396 g/mol. The number of imidazole rings is 1. The Hall–Kier alpha value is -3.37. The molecule has 0 bridgehead atoms. The van der Waals surface area contributed by atoms with Crippen LogP contribution in [-0.4, -0.2) is 23.3 Å². The van der Waals surface area contributed by atoms with Gasteiger partial charge in [0.1, 0.15) is 5.75 Å². The van der Waals surface area contributed by atoms with Gasteiger partial charge in [-0.2, -0.15) is 0 Å². The van der Waals surface area contributed by atoms with Gasteiger partial charge in [-0.25, -0.2) is 4.98 Å². The molecule has 0 unspecified atom stereocenters. The Kier molecular flexibility index (Phi) is 7.72. The molecule has 0 spiro atoms. The van der Waals surface area contributed by atoms with Crippen molar-refractivity contribution in [3.05, 3.63) is 96.8 Å². The molecule has 0 aliphatic carbocycles. The molecule has 4 nitrogen and oxygen atoms in total. The molecule has 1 heterocycles. The first kappa shape index (κ1) is 21.8. The van der Waals surface area contributed by atoms with Crippen LogP contribution >= 0.6 is 0 Å². The molecule has 4 aromatic rings. The zero-order valence-corrected chi connectivity index (χ0v) is 18.6. The number of hydrogen-bond acceptors (Lipinski definition) is 3. The topological polar surface area (TPSA) is 36.3 Å². The lowest BCUT2D eigenvalue weighted by Crippen LogP contribution is -2.01. The molecule has 32 heavy (non-hydrogen) atoms. The highest BCUT2D eigenvalue weighted by Crippen LogP contribution is 2.31. The molecule has 3 aromatic carbocycles. The van der Waals surface area contributed by atoms with E-state index in [1.54, 1.807) is 7.11 Å². The number of rotatable bonds is 11. The number of ether oxygens (including phenoxy) is 2. The normalized spacial score (nSPS) is 10.9. The van der Waals surface area contributed by atoms with Crippen molar-refractivity contribution < 1.29 is 9.47 Å². The Morgan fingerprint density at radius 3 is 2.12 bits per heavy atom. The van der Waals surface area contributed by atoms with Gasteiger partial charge in [-0.1, -0.05) is 72.8 Å². The Morgan fingerprint density at radius 1 is 0.750 bits per heavy atom. The van der Waals surface area contributed by atoms with E-state index >= 15 is 0 Å². The summed E-state index contributed by atoms with van der Waals surface area (Å²) < 4.78 is 13.3. The second-order valence-corrected chi connectivity index (χ2v) is 7.83. The van der Waals surface area contributed by atoms with E-state index in [1.165, 1.54) is 16.8 Å². The van der Waals surface area contributed by atoms with Crippen LogP contribution in [0.25, 0.3) is 22.5 Å². The number of aromatic nitrogens is 2. The lowest BCUT2D eigenvalue weighted by molar-refractivity contribution is 0.116. The van der Waals surface area contributed by atoms with Crippen molar-refractivity contribution in [2.45, 2.75) is 32.4 Å². The van der Waals surface area contributed by atoms with Crippen molar-refractivity contribution in [1.29, 1.82) is 0 Å². The van der Waals surface area contributed by atoms with Gasteiger partial charge in [-0.05, 0) is 37.0 Å². The summed E-state index contributed by atoms with van der Waals surface area (Å²) in [6, 6.07) is 29.0. The third kappa shape index (κ3) is 5.65. The molecule has 0 atom stereocenters. The van der Waals surface area contributed by atoms with E-state index in [-0.39, 0.29) is 0 Å². The highest BCUT2D eigenvalue weighted by molar-refractivity contribution is 5.78. The molecule has 4 rings (SSSR count). The first-order valence-corrected chi connectivity index (χ1v) is 11.2. The molecule has 0 fully saturated rings. The molecule has 0 radical (unpaired) electrons. The molecular formula is C28H30N2O2. The summed E-state index contributed by atoms with van der Waals surface area (Å²) >= 11 is 0. The van der Waals surface area contributed by atoms with Crippen LogP contribution in [0.5, 0.6) is 5.75 Å². The van der Waals surface area contributed by atoms with E-state index in [0.29, 0.717) is 6.61 Å².